The van der Waals surface area contributed by atoms with Crippen LogP contribution in [0.15, 0.2) is 76.9 Å². The van der Waals surface area contributed by atoms with Gasteiger partial charge < -0.3 is 4.42 Å². The Balaban J connectivity index is 1.56. The second-order valence-corrected chi connectivity index (χ2v) is 6.09. The van der Waals surface area contributed by atoms with Gasteiger partial charge in [0, 0.05) is 17.1 Å². The number of amides is 1. The Morgan fingerprint density at radius 3 is 2.64 bits per heavy atom. The summed E-state index contributed by atoms with van der Waals surface area (Å²) in [6, 6.07) is 17.0. The summed E-state index contributed by atoms with van der Waals surface area (Å²) in [7, 11) is 0. The van der Waals surface area contributed by atoms with Crippen LogP contribution in [0.25, 0.3) is 22.5 Å². The van der Waals surface area contributed by atoms with Gasteiger partial charge in [-0.05, 0) is 23.8 Å². The lowest BCUT2D eigenvalue weighted by Crippen LogP contribution is -2.11. The van der Waals surface area contributed by atoms with E-state index >= 15 is 0 Å². The van der Waals surface area contributed by atoms with E-state index in [1.54, 1.807) is 12.3 Å². The van der Waals surface area contributed by atoms with E-state index in [1.807, 2.05) is 53.9 Å². The fourth-order valence-electron chi connectivity index (χ4n) is 2.45. The normalized spacial score (nSPS) is 10.6. The molecule has 25 heavy (non-hydrogen) atoms. The number of hydrogen-bond acceptors (Lipinski definition) is 5. The molecule has 0 fully saturated rings. The van der Waals surface area contributed by atoms with Gasteiger partial charge in [-0.1, -0.05) is 36.4 Å². The first-order valence-electron chi connectivity index (χ1n) is 7.62. The van der Waals surface area contributed by atoms with E-state index in [4.69, 9.17) is 4.42 Å². The van der Waals surface area contributed by atoms with Crippen molar-refractivity contribution < 1.29 is 9.21 Å². The Kier molecular flexibility index (Phi) is 4.10. The van der Waals surface area contributed by atoms with Crippen molar-refractivity contribution in [3.8, 4) is 22.5 Å². The summed E-state index contributed by atoms with van der Waals surface area (Å²) < 4.78 is 5.40. The lowest BCUT2D eigenvalue weighted by atomic mass is 10.1. The van der Waals surface area contributed by atoms with Crippen LogP contribution in [0.3, 0.4) is 0 Å². The molecule has 0 saturated heterocycles. The number of aromatic nitrogens is 2. The third-order valence-corrected chi connectivity index (χ3v) is 4.37. The van der Waals surface area contributed by atoms with Gasteiger partial charge >= 0.3 is 0 Å². The fourth-order valence-corrected chi connectivity index (χ4v) is 3.15. The van der Waals surface area contributed by atoms with Crippen molar-refractivity contribution in [2.24, 2.45) is 0 Å². The quantitative estimate of drug-likeness (QED) is 0.580. The van der Waals surface area contributed by atoms with Crippen molar-refractivity contribution in [2.75, 3.05) is 5.32 Å². The first kappa shape index (κ1) is 15.3. The summed E-state index contributed by atoms with van der Waals surface area (Å²) in [5.41, 5.74) is 3.17. The van der Waals surface area contributed by atoms with Crippen molar-refractivity contribution in [2.45, 2.75) is 0 Å². The molecular formula is C19H13N3O2S. The van der Waals surface area contributed by atoms with Gasteiger partial charge in [-0.2, -0.15) is 0 Å². The smallest absolute Gasteiger partial charge is 0.293 e. The standard InChI is InChI=1S/C19H13N3O2S/c23-18(17-14(9-11-24-17)13-6-2-1-3-7-13)22-19-21-16(12-25-19)15-8-4-5-10-20-15/h1-12H,(H,21,22,23). The highest BCUT2D eigenvalue weighted by molar-refractivity contribution is 7.14. The Hall–Kier alpha value is -3.25. The number of thiazole rings is 1. The maximum atomic E-state index is 12.6. The second-order valence-electron chi connectivity index (χ2n) is 5.24. The Morgan fingerprint density at radius 1 is 1.00 bits per heavy atom. The number of carbonyl (C=O) groups is 1. The van der Waals surface area contributed by atoms with Gasteiger partial charge in [0.15, 0.2) is 10.9 Å². The molecule has 0 aliphatic rings. The van der Waals surface area contributed by atoms with E-state index in [-0.39, 0.29) is 11.7 Å². The number of furan rings is 1. The van der Waals surface area contributed by atoms with Crippen LogP contribution in [0.1, 0.15) is 10.6 Å². The number of nitrogens with one attached hydrogen (secondary N) is 1. The minimum absolute atomic E-state index is 0.265. The van der Waals surface area contributed by atoms with E-state index in [0.29, 0.717) is 5.13 Å². The van der Waals surface area contributed by atoms with Gasteiger partial charge in [0.2, 0.25) is 0 Å². The summed E-state index contributed by atoms with van der Waals surface area (Å²) in [6.07, 6.45) is 3.22. The van der Waals surface area contributed by atoms with E-state index in [2.05, 4.69) is 15.3 Å². The number of carbonyl (C=O) groups excluding carboxylic acids is 1. The minimum Gasteiger partial charge on any atom is -0.459 e. The average Bonchev–Trinajstić information content (AvgIpc) is 3.33. The molecule has 3 aromatic heterocycles. The molecule has 1 aromatic carbocycles. The SMILES string of the molecule is O=C(Nc1nc(-c2ccccn2)cs1)c1occc1-c1ccccc1. The average molecular weight is 347 g/mol. The highest BCUT2D eigenvalue weighted by Gasteiger charge is 2.18. The van der Waals surface area contributed by atoms with Crippen LogP contribution in [-0.2, 0) is 0 Å². The zero-order valence-corrected chi connectivity index (χ0v) is 13.9. The maximum absolute atomic E-state index is 12.6. The van der Waals surface area contributed by atoms with Crippen molar-refractivity contribution >= 4 is 22.4 Å². The van der Waals surface area contributed by atoms with E-state index in [1.165, 1.54) is 17.6 Å². The third-order valence-electron chi connectivity index (χ3n) is 3.61. The Labute approximate surface area is 148 Å². The molecule has 0 spiro atoms. The number of anilines is 1. The number of nitrogens with zero attached hydrogens (tertiary/aromatic N) is 2. The molecule has 0 aliphatic carbocycles. The van der Waals surface area contributed by atoms with Gasteiger partial charge in [-0.15, -0.1) is 11.3 Å². The molecule has 0 unspecified atom stereocenters. The van der Waals surface area contributed by atoms with Crippen molar-refractivity contribution in [1.29, 1.82) is 0 Å². The minimum atomic E-state index is -0.328. The maximum Gasteiger partial charge on any atom is 0.293 e. The van der Waals surface area contributed by atoms with Gasteiger partial charge in [-0.3, -0.25) is 15.1 Å². The molecule has 4 aromatic rings. The van der Waals surface area contributed by atoms with E-state index in [9.17, 15) is 4.79 Å². The molecule has 1 N–H and O–H groups in total. The summed E-state index contributed by atoms with van der Waals surface area (Å²) in [5.74, 6) is -0.0634. The fraction of sp³-hybridized carbons (Fsp3) is 0. The van der Waals surface area contributed by atoms with Crippen molar-refractivity contribution in [1.82, 2.24) is 9.97 Å². The van der Waals surface area contributed by atoms with Crippen molar-refractivity contribution in [3.63, 3.8) is 0 Å². The molecule has 1 amide bonds. The number of pyridine rings is 1. The van der Waals surface area contributed by atoms with Crippen LogP contribution in [0.4, 0.5) is 5.13 Å². The zero-order valence-electron chi connectivity index (χ0n) is 13.0. The summed E-state index contributed by atoms with van der Waals surface area (Å²) >= 11 is 1.35. The lowest BCUT2D eigenvalue weighted by molar-refractivity contribution is 0.0997. The molecule has 3 heterocycles. The molecule has 4 rings (SSSR count). The van der Waals surface area contributed by atoms with Crippen LogP contribution in [0.5, 0.6) is 0 Å². The molecule has 6 heteroatoms. The summed E-state index contributed by atoms with van der Waals surface area (Å²) in [6.45, 7) is 0. The lowest BCUT2D eigenvalue weighted by Gasteiger charge is -2.03. The molecule has 0 saturated carbocycles. The number of rotatable bonds is 4. The van der Waals surface area contributed by atoms with E-state index in [0.717, 1.165) is 22.5 Å². The summed E-state index contributed by atoms with van der Waals surface area (Å²) in [5, 5.41) is 5.15. The van der Waals surface area contributed by atoms with Crippen LogP contribution in [0.2, 0.25) is 0 Å². The zero-order chi connectivity index (χ0) is 17.1. The first-order valence-corrected chi connectivity index (χ1v) is 8.50. The third kappa shape index (κ3) is 3.20. The molecule has 0 atom stereocenters. The predicted molar refractivity (Wildman–Crippen MR) is 97.4 cm³/mol. The van der Waals surface area contributed by atoms with Crippen LogP contribution in [-0.4, -0.2) is 15.9 Å². The van der Waals surface area contributed by atoms with Crippen LogP contribution >= 0.6 is 11.3 Å². The first-order chi connectivity index (χ1) is 12.3. The predicted octanol–water partition coefficient (Wildman–Crippen LogP) is 4.72. The van der Waals surface area contributed by atoms with Crippen LogP contribution in [0, 0.1) is 0 Å². The van der Waals surface area contributed by atoms with Crippen LogP contribution < -0.4 is 5.32 Å². The van der Waals surface area contributed by atoms with Gasteiger partial charge in [0.1, 0.15) is 5.69 Å². The molecular weight excluding hydrogens is 334 g/mol. The summed E-state index contributed by atoms with van der Waals surface area (Å²) in [4.78, 5) is 21.2. The highest BCUT2D eigenvalue weighted by Crippen LogP contribution is 2.27. The van der Waals surface area contributed by atoms with Gasteiger partial charge in [0.25, 0.3) is 5.91 Å². The largest absolute Gasteiger partial charge is 0.459 e. The molecule has 0 bridgehead atoms. The molecule has 122 valence electrons. The second kappa shape index (κ2) is 6.70. The number of hydrogen-bond donors (Lipinski definition) is 1. The van der Waals surface area contributed by atoms with Gasteiger partial charge in [-0.25, -0.2) is 4.98 Å². The Bertz CT molecular complexity index is 994. The molecule has 0 aliphatic heterocycles. The van der Waals surface area contributed by atoms with E-state index < -0.39 is 0 Å². The monoisotopic (exact) mass is 347 g/mol. The molecule has 0 radical (unpaired) electrons. The number of benzene rings is 1. The Morgan fingerprint density at radius 2 is 1.84 bits per heavy atom. The topological polar surface area (TPSA) is 68.0 Å². The van der Waals surface area contributed by atoms with Crippen molar-refractivity contribution in [3.05, 3.63) is 78.2 Å². The van der Waals surface area contributed by atoms with Gasteiger partial charge in [0.05, 0.1) is 12.0 Å². The highest BCUT2D eigenvalue weighted by atomic mass is 32.1. The molecule has 5 nitrogen and oxygen atoms in total.